The zero-order chi connectivity index (χ0) is 12.7. The molecule has 2 aliphatic rings. The van der Waals surface area contributed by atoms with Crippen LogP contribution in [-0.2, 0) is 4.79 Å². The minimum Gasteiger partial charge on any atom is -0.344 e. The Labute approximate surface area is 110 Å². The molecule has 0 unspecified atom stereocenters. The number of hydrazone groups is 1. The van der Waals surface area contributed by atoms with Crippen molar-refractivity contribution in [3.63, 3.8) is 0 Å². The number of carbonyl (C=O) groups is 1. The van der Waals surface area contributed by atoms with Gasteiger partial charge in [0.25, 0.3) is 5.91 Å². The summed E-state index contributed by atoms with van der Waals surface area (Å²) < 4.78 is 0. The van der Waals surface area contributed by atoms with Crippen LogP contribution in [0, 0.1) is 0 Å². The van der Waals surface area contributed by atoms with Crippen LogP contribution < -0.4 is 10.3 Å². The van der Waals surface area contributed by atoms with E-state index < -0.39 is 0 Å². The summed E-state index contributed by atoms with van der Waals surface area (Å²) >= 11 is 5.89. The van der Waals surface area contributed by atoms with E-state index >= 15 is 0 Å². The molecule has 0 saturated carbocycles. The largest absolute Gasteiger partial charge is 0.344 e. The summed E-state index contributed by atoms with van der Waals surface area (Å²) in [6.45, 7) is 2.77. The summed E-state index contributed by atoms with van der Waals surface area (Å²) in [5.74, 6) is -0.110. The van der Waals surface area contributed by atoms with E-state index in [-0.39, 0.29) is 5.91 Å². The minimum atomic E-state index is -0.110. The maximum absolute atomic E-state index is 11.7. The first-order valence-electron chi connectivity index (χ1n) is 5.78. The van der Waals surface area contributed by atoms with Crippen molar-refractivity contribution >= 4 is 28.9 Å². The number of nitrogens with zero attached hydrogens (tertiary/aromatic N) is 2. The van der Waals surface area contributed by atoms with Crippen LogP contribution in [0.15, 0.2) is 40.6 Å². The summed E-state index contributed by atoms with van der Waals surface area (Å²) in [7, 11) is 0. The molecule has 5 heteroatoms. The number of hydrogen-bond acceptors (Lipinski definition) is 3. The molecular weight excluding hydrogens is 250 g/mol. The molecule has 3 rings (SSSR count). The van der Waals surface area contributed by atoms with Crippen molar-refractivity contribution in [2.75, 3.05) is 11.4 Å². The summed E-state index contributed by atoms with van der Waals surface area (Å²) in [4.78, 5) is 13.8. The summed E-state index contributed by atoms with van der Waals surface area (Å²) in [5, 5.41) is 4.75. The van der Waals surface area contributed by atoms with Crippen LogP contribution >= 0.6 is 11.6 Å². The topological polar surface area (TPSA) is 44.7 Å². The summed E-state index contributed by atoms with van der Waals surface area (Å²) in [6, 6.07) is 7.63. The zero-order valence-electron chi connectivity index (χ0n) is 9.90. The Bertz CT molecular complexity index is 574. The number of nitrogens with one attached hydrogen (secondary N) is 1. The number of fused-ring (bicyclic) bond motifs is 1. The highest BCUT2D eigenvalue weighted by molar-refractivity contribution is 6.30. The van der Waals surface area contributed by atoms with Gasteiger partial charge in [-0.05, 0) is 31.2 Å². The van der Waals surface area contributed by atoms with E-state index in [4.69, 9.17) is 11.6 Å². The van der Waals surface area contributed by atoms with E-state index in [1.54, 1.807) is 0 Å². The second-order valence-corrected chi connectivity index (χ2v) is 4.77. The average Bonchev–Trinajstić information content (AvgIpc) is 2.74. The molecule has 2 heterocycles. The number of anilines is 1. The standard InChI is InChI=1S/C13H12ClN3O/c1-8-12-11(15-16-13(12)18)6-7-17(8)10-4-2-9(14)3-5-10/h2-5H,6-7H2,1H3,(H,16,18). The average molecular weight is 262 g/mol. The second-order valence-electron chi connectivity index (χ2n) is 4.34. The molecule has 0 radical (unpaired) electrons. The van der Waals surface area contributed by atoms with Crippen molar-refractivity contribution in [2.24, 2.45) is 5.10 Å². The third-order valence-electron chi connectivity index (χ3n) is 3.29. The number of allylic oxidation sites excluding steroid dienone is 1. The lowest BCUT2D eigenvalue weighted by Gasteiger charge is -2.30. The lowest BCUT2D eigenvalue weighted by atomic mass is 10.00. The molecule has 0 spiro atoms. The van der Waals surface area contributed by atoms with E-state index in [0.29, 0.717) is 10.6 Å². The molecule has 2 aliphatic heterocycles. The smallest absolute Gasteiger partial charge is 0.275 e. The predicted octanol–water partition coefficient (Wildman–Crippen LogP) is 2.31. The van der Waals surface area contributed by atoms with Crippen molar-refractivity contribution in [2.45, 2.75) is 13.3 Å². The van der Waals surface area contributed by atoms with E-state index in [0.717, 1.165) is 30.1 Å². The van der Waals surface area contributed by atoms with Gasteiger partial charge in [0.1, 0.15) is 0 Å². The molecular formula is C13H12ClN3O. The highest BCUT2D eigenvalue weighted by Crippen LogP contribution is 2.29. The lowest BCUT2D eigenvalue weighted by molar-refractivity contribution is -0.116. The van der Waals surface area contributed by atoms with Gasteiger partial charge in [0.15, 0.2) is 0 Å². The van der Waals surface area contributed by atoms with Gasteiger partial charge >= 0.3 is 0 Å². The van der Waals surface area contributed by atoms with E-state index in [9.17, 15) is 4.79 Å². The SMILES string of the molecule is CC1=C2C(=O)NN=C2CCN1c1ccc(Cl)cc1. The van der Waals surface area contributed by atoms with Crippen molar-refractivity contribution in [3.8, 4) is 0 Å². The third kappa shape index (κ3) is 1.69. The van der Waals surface area contributed by atoms with Gasteiger partial charge in [-0.25, -0.2) is 5.43 Å². The monoisotopic (exact) mass is 261 g/mol. The van der Waals surface area contributed by atoms with Gasteiger partial charge in [0.05, 0.1) is 11.3 Å². The van der Waals surface area contributed by atoms with E-state index in [1.807, 2.05) is 31.2 Å². The first-order chi connectivity index (χ1) is 8.66. The van der Waals surface area contributed by atoms with Crippen molar-refractivity contribution in [3.05, 3.63) is 40.6 Å². The Balaban J connectivity index is 2.02. The molecule has 1 aromatic carbocycles. The Morgan fingerprint density at radius 1 is 1.33 bits per heavy atom. The van der Waals surface area contributed by atoms with Crippen molar-refractivity contribution in [1.29, 1.82) is 0 Å². The number of benzene rings is 1. The Morgan fingerprint density at radius 2 is 2.06 bits per heavy atom. The van der Waals surface area contributed by atoms with Gasteiger partial charge < -0.3 is 4.90 Å². The predicted molar refractivity (Wildman–Crippen MR) is 71.7 cm³/mol. The van der Waals surface area contributed by atoms with Gasteiger partial charge in [-0.15, -0.1) is 0 Å². The molecule has 1 amide bonds. The quantitative estimate of drug-likeness (QED) is 0.843. The maximum Gasteiger partial charge on any atom is 0.275 e. The van der Waals surface area contributed by atoms with Crippen LogP contribution in [0.25, 0.3) is 0 Å². The highest BCUT2D eigenvalue weighted by atomic mass is 35.5. The lowest BCUT2D eigenvalue weighted by Crippen LogP contribution is -2.33. The molecule has 0 atom stereocenters. The number of hydrogen-bond donors (Lipinski definition) is 1. The molecule has 1 N–H and O–H groups in total. The van der Waals surface area contributed by atoms with Gasteiger partial charge in [0, 0.05) is 29.4 Å². The fourth-order valence-electron chi connectivity index (χ4n) is 2.38. The third-order valence-corrected chi connectivity index (χ3v) is 3.54. The number of halogens is 1. The molecule has 0 aromatic heterocycles. The molecule has 0 fully saturated rings. The number of rotatable bonds is 1. The molecule has 0 bridgehead atoms. The van der Waals surface area contributed by atoms with Gasteiger partial charge in [-0.2, -0.15) is 5.10 Å². The first-order valence-corrected chi connectivity index (χ1v) is 6.16. The van der Waals surface area contributed by atoms with E-state index in [1.165, 1.54) is 0 Å². The van der Waals surface area contributed by atoms with Gasteiger partial charge in [-0.3, -0.25) is 4.79 Å². The summed E-state index contributed by atoms with van der Waals surface area (Å²) in [5.41, 5.74) is 6.07. The minimum absolute atomic E-state index is 0.110. The fraction of sp³-hybridized carbons (Fsp3) is 0.231. The second kappa shape index (κ2) is 4.14. The van der Waals surface area contributed by atoms with Crippen molar-refractivity contribution < 1.29 is 4.79 Å². The zero-order valence-corrected chi connectivity index (χ0v) is 10.7. The Hall–Kier alpha value is -1.81. The summed E-state index contributed by atoms with van der Waals surface area (Å²) in [6.07, 6.45) is 0.772. The highest BCUT2D eigenvalue weighted by Gasteiger charge is 2.31. The van der Waals surface area contributed by atoms with Crippen molar-refractivity contribution in [1.82, 2.24) is 5.43 Å². The molecule has 0 saturated heterocycles. The first kappa shape index (κ1) is 11.3. The van der Waals surface area contributed by atoms with Crippen LogP contribution in [0.5, 0.6) is 0 Å². The van der Waals surface area contributed by atoms with Crippen LogP contribution in [0.4, 0.5) is 5.69 Å². The molecule has 92 valence electrons. The molecule has 0 aliphatic carbocycles. The van der Waals surface area contributed by atoms with Gasteiger partial charge in [0.2, 0.25) is 0 Å². The molecule has 1 aromatic rings. The molecule has 18 heavy (non-hydrogen) atoms. The number of amides is 1. The Morgan fingerprint density at radius 3 is 2.78 bits per heavy atom. The Kier molecular flexibility index (Phi) is 2.59. The van der Waals surface area contributed by atoms with Crippen LogP contribution in [0.2, 0.25) is 5.02 Å². The van der Waals surface area contributed by atoms with Crippen LogP contribution in [0.3, 0.4) is 0 Å². The number of carbonyl (C=O) groups excluding carboxylic acids is 1. The van der Waals surface area contributed by atoms with Gasteiger partial charge in [-0.1, -0.05) is 11.6 Å². The fourth-order valence-corrected chi connectivity index (χ4v) is 2.51. The normalized spacial score (nSPS) is 18.7. The van der Waals surface area contributed by atoms with Crippen LogP contribution in [-0.4, -0.2) is 18.2 Å². The van der Waals surface area contributed by atoms with Crippen LogP contribution in [0.1, 0.15) is 13.3 Å². The maximum atomic E-state index is 11.7. The van der Waals surface area contributed by atoms with E-state index in [2.05, 4.69) is 15.4 Å². The molecule has 4 nitrogen and oxygen atoms in total.